The summed E-state index contributed by atoms with van der Waals surface area (Å²) in [6, 6.07) is 10.00. The average Bonchev–Trinajstić information content (AvgIpc) is 2.95. The van der Waals surface area contributed by atoms with Crippen LogP contribution >= 0.6 is 0 Å². The van der Waals surface area contributed by atoms with E-state index in [1.165, 1.54) is 0 Å². The second-order valence-corrected chi connectivity index (χ2v) is 8.35. The van der Waals surface area contributed by atoms with E-state index in [4.69, 9.17) is 0 Å². The van der Waals surface area contributed by atoms with Crippen LogP contribution in [0.5, 0.6) is 0 Å². The summed E-state index contributed by atoms with van der Waals surface area (Å²) in [5.41, 5.74) is 1.16. The molecule has 0 saturated carbocycles. The summed E-state index contributed by atoms with van der Waals surface area (Å²) >= 11 is 0. The highest BCUT2D eigenvalue weighted by Gasteiger charge is 2.31. The fourth-order valence-electron chi connectivity index (χ4n) is 2.81. The number of anilines is 2. The average molecular weight is 347 g/mol. The van der Waals surface area contributed by atoms with E-state index in [-0.39, 0.29) is 17.5 Å². The fraction of sp³-hybridized carbons (Fsp3) is 0.438. The topological polar surface area (TPSA) is 79.3 Å². The molecule has 2 heterocycles. The second kappa shape index (κ2) is 6.72. The van der Waals surface area contributed by atoms with Gasteiger partial charge in [-0.15, -0.1) is 5.10 Å². The van der Waals surface area contributed by atoms with E-state index in [1.54, 1.807) is 6.20 Å². The third kappa shape index (κ3) is 3.81. The summed E-state index contributed by atoms with van der Waals surface area (Å²) in [6.07, 6.45) is 2.20. The summed E-state index contributed by atoms with van der Waals surface area (Å²) < 4.78 is 23.3. The zero-order chi connectivity index (χ0) is 17.2. The number of rotatable bonds is 5. The molecule has 128 valence electrons. The number of nitrogens with zero attached hydrogens (tertiary/aromatic N) is 5. The Hall–Kier alpha value is -2.22. The van der Waals surface area contributed by atoms with Crippen molar-refractivity contribution in [2.75, 3.05) is 35.4 Å². The number of hydrogen-bond acceptors (Lipinski definition) is 7. The van der Waals surface area contributed by atoms with Gasteiger partial charge in [-0.1, -0.05) is 30.3 Å². The van der Waals surface area contributed by atoms with Gasteiger partial charge in [0.05, 0.1) is 17.7 Å². The van der Waals surface area contributed by atoms with E-state index >= 15 is 0 Å². The van der Waals surface area contributed by atoms with E-state index in [0.717, 1.165) is 5.56 Å². The summed E-state index contributed by atoms with van der Waals surface area (Å²) in [6.45, 7) is 0.674. The van der Waals surface area contributed by atoms with Crippen LogP contribution in [0.1, 0.15) is 12.0 Å². The fourth-order valence-corrected chi connectivity index (χ4v) is 4.59. The molecule has 24 heavy (non-hydrogen) atoms. The molecule has 0 amide bonds. The largest absolute Gasteiger partial charge is 0.354 e. The van der Waals surface area contributed by atoms with Crippen LogP contribution in [-0.4, -0.2) is 55.2 Å². The third-order valence-electron chi connectivity index (χ3n) is 4.26. The van der Waals surface area contributed by atoms with Gasteiger partial charge >= 0.3 is 0 Å². The Bertz CT molecular complexity index is 797. The molecule has 0 radical (unpaired) electrons. The molecule has 1 aromatic heterocycles. The van der Waals surface area contributed by atoms with Gasteiger partial charge in [0.15, 0.2) is 15.7 Å². The van der Waals surface area contributed by atoms with E-state index in [0.29, 0.717) is 24.7 Å². The van der Waals surface area contributed by atoms with Crippen LogP contribution in [0.25, 0.3) is 0 Å². The normalized spacial score (nSPS) is 19.2. The first-order valence-electron chi connectivity index (χ1n) is 7.83. The van der Waals surface area contributed by atoms with Crippen LogP contribution in [-0.2, 0) is 16.4 Å². The zero-order valence-corrected chi connectivity index (χ0v) is 14.6. The molecule has 1 aromatic carbocycles. The monoisotopic (exact) mass is 347 g/mol. The number of benzene rings is 1. The smallest absolute Gasteiger partial charge is 0.247 e. The highest BCUT2D eigenvalue weighted by atomic mass is 32.2. The van der Waals surface area contributed by atoms with E-state index in [1.807, 2.05) is 54.2 Å². The van der Waals surface area contributed by atoms with Gasteiger partial charge < -0.3 is 9.80 Å². The van der Waals surface area contributed by atoms with Crippen molar-refractivity contribution in [2.24, 2.45) is 0 Å². The molecule has 3 rings (SSSR count). The maximum absolute atomic E-state index is 11.7. The van der Waals surface area contributed by atoms with E-state index in [2.05, 4.69) is 15.2 Å². The Morgan fingerprint density at radius 2 is 1.96 bits per heavy atom. The highest BCUT2D eigenvalue weighted by molar-refractivity contribution is 7.91. The van der Waals surface area contributed by atoms with Gasteiger partial charge in [0.25, 0.3) is 0 Å². The van der Waals surface area contributed by atoms with Crippen LogP contribution in [0.2, 0.25) is 0 Å². The molecule has 7 nitrogen and oxygen atoms in total. The van der Waals surface area contributed by atoms with Crippen LogP contribution in [0.15, 0.2) is 36.5 Å². The standard InChI is InChI=1S/C16H21N5O2S/c1-20(11-13-6-4-3-5-7-13)16-18-15(10-17-19-16)21(2)14-8-9-24(22,23)12-14/h3-7,10,14H,8-9,11-12H2,1-2H3. The van der Waals surface area contributed by atoms with E-state index < -0.39 is 9.84 Å². The molecule has 1 aliphatic heterocycles. The number of hydrogen-bond donors (Lipinski definition) is 0. The lowest BCUT2D eigenvalue weighted by Gasteiger charge is -2.25. The quantitative estimate of drug-likeness (QED) is 0.802. The molecular formula is C16H21N5O2S. The molecule has 8 heteroatoms. The van der Waals surface area contributed by atoms with Crippen LogP contribution < -0.4 is 9.80 Å². The predicted octanol–water partition coefficient (Wildman–Crippen LogP) is 1.13. The minimum absolute atomic E-state index is 0.0565. The lowest BCUT2D eigenvalue weighted by Crippen LogP contribution is -2.33. The molecule has 0 spiro atoms. The Morgan fingerprint density at radius 1 is 1.21 bits per heavy atom. The minimum atomic E-state index is -2.93. The van der Waals surface area contributed by atoms with Gasteiger partial charge in [-0.05, 0) is 12.0 Å². The molecule has 1 unspecified atom stereocenters. The lowest BCUT2D eigenvalue weighted by molar-refractivity contribution is 0.600. The van der Waals surface area contributed by atoms with Gasteiger partial charge in [-0.2, -0.15) is 10.1 Å². The van der Waals surface area contributed by atoms with Gasteiger partial charge in [-0.3, -0.25) is 0 Å². The molecule has 0 N–H and O–H groups in total. The lowest BCUT2D eigenvalue weighted by atomic mass is 10.2. The van der Waals surface area contributed by atoms with Gasteiger partial charge in [0.2, 0.25) is 5.95 Å². The molecule has 1 aliphatic rings. The Morgan fingerprint density at radius 3 is 2.62 bits per heavy atom. The third-order valence-corrected chi connectivity index (χ3v) is 6.01. The van der Waals surface area contributed by atoms with Crippen molar-refractivity contribution >= 4 is 21.6 Å². The van der Waals surface area contributed by atoms with Crippen LogP contribution in [0.4, 0.5) is 11.8 Å². The van der Waals surface area contributed by atoms with Gasteiger partial charge in [0, 0.05) is 26.7 Å². The Labute approximate surface area is 142 Å². The molecule has 2 aromatic rings. The SMILES string of the molecule is CN(Cc1ccccc1)c1nncc(N(C)C2CCS(=O)(=O)C2)n1. The summed E-state index contributed by atoms with van der Waals surface area (Å²) in [7, 11) is 0.837. The molecule has 1 fully saturated rings. The maximum Gasteiger partial charge on any atom is 0.247 e. The van der Waals surface area contributed by atoms with Crippen molar-refractivity contribution in [2.45, 2.75) is 19.0 Å². The van der Waals surface area contributed by atoms with Crippen molar-refractivity contribution < 1.29 is 8.42 Å². The number of sulfone groups is 1. The maximum atomic E-state index is 11.7. The van der Waals surface area contributed by atoms with Crippen molar-refractivity contribution in [1.29, 1.82) is 0 Å². The first-order valence-corrected chi connectivity index (χ1v) is 9.65. The predicted molar refractivity (Wildman–Crippen MR) is 93.8 cm³/mol. The summed E-state index contributed by atoms with van der Waals surface area (Å²) in [5, 5.41) is 8.12. The molecule has 1 saturated heterocycles. The Balaban J connectivity index is 1.74. The van der Waals surface area contributed by atoms with Crippen molar-refractivity contribution in [3.05, 3.63) is 42.1 Å². The van der Waals surface area contributed by atoms with Gasteiger partial charge in [-0.25, -0.2) is 8.42 Å². The molecule has 1 atom stereocenters. The highest BCUT2D eigenvalue weighted by Crippen LogP contribution is 2.22. The summed E-state index contributed by atoms with van der Waals surface area (Å²) in [5.74, 6) is 1.57. The molecule has 0 aliphatic carbocycles. The van der Waals surface area contributed by atoms with Crippen molar-refractivity contribution in [1.82, 2.24) is 15.2 Å². The van der Waals surface area contributed by atoms with Crippen molar-refractivity contribution in [3.63, 3.8) is 0 Å². The molecular weight excluding hydrogens is 326 g/mol. The molecule has 0 bridgehead atoms. The minimum Gasteiger partial charge on any atom is -0.354 e. The zero-order valence-electron chi connectivity index (χ0n) is 13.8. The van der Waals surface area contributed by atoms with Gasteiger partial charge in [0.1, 0.15) is 0 Å². The number of aromatic nitrogens is 3. The Kier molecular flexibility index (Phi) is 4.66. The van der Waals surface area contributed by atoms with Crippen molar-refractivity contribution in [3.8, 4) is 0 Å². The first kappa shape index (κ1) is 16.6. The van der Waals surface area contributed by atoms with Crippen LogP contribution in [0.3, 0.4) is 0 Å². The summed E-state index contributed by atoms with van der Waals surface area (Å²) in [4.78, 5) is 8.35. The van der Waals surface area contributed by atoms with Crippen LogP contribution in [0, 0.1) is 0 Å². The van der Waals surface area contributed by atoms with E-state index in [9.17, 15) is 8.42 Å². The second-order valence-electron chi connectivity index (χ2n) is 6.12. The first-order chi connectivity index (χ1) is 11.4.